The van der Waals surface area contributed by atoms with Crippen molar-refractivity contribution in [2.75, 3.05) is 11.9 Å². The number of aromatic nitrogens is 2. The zero-order valence-corrected chi connectivity index (χ0v) is 10.9. The monoisotopic (exact) mass is 295 g/mol. The smallest absolute Gasteiger partial charge is 0.225 e. The van der Waals surface area contributed by atoms with Crippen molar-refractivity contribution in [3.05, 3.63) is 52.5 Å². The number of benzene rings is 1. The molecule has 1 aromatic carbocycles. The van der Waals surface area contributed by atoms with Gasteiger partial charge in [-0.05, 0) is 33.6 Å². The standard InChI is InChI=1S/C12H11BrFN3/c1-17(12-15-6-10(13)7-16-12)8-9-2-4-11(14)5-3-9/h2-7H,8H2,1H3. The lowest BCUT2D eigenvalue weighted by Gasteiger charge is -2.16. The SMILES string of the molecule is CN(Cc1ccc(F)cc1)c1ncc(Br)cn1. The van der Waals surface area contributed by atoms with E-state index in [0.29, 0.717) is 12.5 Å². The second-order valence-corrected chi connectivity index (χ2v) is 4.60. The van der Waals surface area contributed by atoms with Gasteiger partial charge in [0, 0.05) is 26.0 Å². The molecule has 0 saturated heterocycles. The van der Waals surface area contributed by atoms with Gasteiger partial charge in [0.05, 0.1) is 4.47 Å². The second kappa shape index (κ2) is 5.23. The Morgan fingerprint density at radius 1 is 1.18 bits per heavy atom. The molecule has 0 aliphatic carbocycles. The summed E-state index contributed by atoms with van der Waals surface area (Å²) in [5, 5.41) is 0. The Hall–Kier alpha value is -1.49. The number of halogens is 2. The van der Waals surface area contributed by atoms with E-state index in [1.807, 2.05) is 11.9 Å². The van der Waals surface area contributed by atoms with E-state index in [1.54, 1.807) is 24.5 Å². The fourth-order valence-corrected chi connectivity index (χ4v) is 1.64. The summed E-state index contributed by atoms with van der Waals surface area (Å²) in [6.45, 7) is 0.641. The van der Waals surface area contributed by atoms with Crippen LogP contribution < -0.4 is 4.90 Å². The minimum atomic E-state index is -0.226. The molecule has 0 aliphatic rings. The second-order valence-electron chi connectivity index (χ2n) is 3.68. The minimum Gasteiger partial charge on any atom is -0.340 e. The highest BCUT2D eigenvalue weighted by molar-refractivity contribution is 9.10. The number of hydrogen-bond acceptors (Lipinski definition) is 3. The highest BCUT2D eigenvalue weighted by Gasteiger charge is 2.04. The lowest BCUT2D eigenvalue weighted by atomic mass is 10.2. The summed E-state index contributed by atoms with van der Waals surface area (Å²) in [5.74, 6) is 0.411. The summed E-state index contributed by atoms with van der Waals surface area (Å²) in [7, 11) is 1.90. The van der Waals surface area contributed by atoms with Crippen molar-refractivity contribution < 1.29 is 4.39 Å². The molecule has 5 heteroatoms. The molecule has 0 N–H and O–H groups in total. The van der Waals surface area contributed by atoms with E-state index < -0.39 is 0 Å². The van der Waals surface area contributed by atoms with E-state index in [0.717, 1.165) is 10.0 Å². The molecule has 1 aromatic heterocycles. The summed E-state index contributed by atoms with van der Waals surface area (Å²) >= 11 is 3.28. The van der Waals surface area contributed by atoms with Crippen LogP contribution in [-0.4, -0.2) is 17.0 Å². The van der Waals surface area contributed by atoms with Crippen LogP contribution in [-0.2, 0) is 6.54 Å². The quantitative estimate of drug-likeness (QED) is 0.872. The maximum absolute atomic E-state index is 12.7. The molecule has 2 rings (SSSR count). The van der Waals surface area contributed by atoms with Gasteiger partial charge in [0.1, 0.15) is 5.82 Å². The van der Waals surface area contributed by atoms with Crippen LogP contribution >= 0.6 is 15.9 Å². The summed E-state index contributed by atoms with van der Waals surface area (Å²) in [5.41, 5.74) is 1.01. The van der Waals surface area contributed by atoms with Gasteiger partial charge >= 0.3 is 0 Å². The van der Waals surface area contributed by atoms with Crippen LogP contribution in [0.3, 0.4) is 0 Å². The van der Waals surface area contributed by atoms with E-state index in [-0.39, 0.29) is 5.82 Å². The average Bonchev–Trinajstić information content (AvgIpc) is 2.33. The maximum atomic E-state index is 12.7. The molecule has 0 bridgehead atoms. The first-order chi connectivity index (χ1) is 8.15. The van der Waals surface area contributed by atoms with Gasteiger partial charge in [0.15, 0.2) is 0 Å². The number of rotatable bonds is 3. The average molecular weight is 296 g/mol. The first kappa shape index (κ1) is 12.0. The van der Waals surface area contributed by atoms with Gasteiger partial charge in [-0.15, -0.1) is 0 Å². The van der Waals surface area contributed by atoms with Crippen LogP contribution in [0.25, 0.3) is 0 Å². The first-order valence-corrected chi connectivity index (χ1v) is 5.87. The first-order valence-electron chi connectivity index (χ1n) is 5.08. The van der Waals surface area contributed by atoms with Crippen molar-refractivity contribution in [3.63, 3.8) is 0 Å². The highest BCUT2D eigenvalue weighted by atomic mass is 79.9. The molecule has 0 saturated carbocycles. The molecule has 0 spiro atoms. The molecule has 0 unspecified atom stereocenters. The van der Waals surface area contributed by atoms with Crippen LogP contribution in [0.4, 0.5) is 10.3 Å². The van der Waals surface area contributed by atoms with Crippen LogP contribution in [0.1, 0.15) is 5.56 Å². The third-order valence-electron chi connectivity index (χ3n) is 2.28. The largest absolute Gasteiger partial charge is 0.340 e. The molecule has 0 amide bonds. The predicted molar refractivity (Wildman–Crippen MR) is 68.2 cm³/mol. The Labute approximate surface area is 107 Å². The van der Waals surface area contributed by atoms with Gasteiger partial charge < -0.3 is 4.90 Å². The number of hydrogen-bond donors (Lipinski definition) is 0. The molecular weight excluding hydrogens is 285 g/mol. The molecule has 1 heterocycles. The van der Waals surface area contributed by atoms with E-state index in [4.69, 9.17) is 0 Å². The fourth-order valence-electron chi connectivity index (χ4n) is 1.44. The third-order valence-corrected chi connectivity index (χ3v) is 2.69. The molecule has 0 atom stereocenters. The van der Waals surface area contributed by atoms with Crippen LogP contribution in [0.5, 0.6) is 0 Å². The molecular formula is C12H11BrFN3. The normalized spacial score (nSPS) is 10.3. The van der Waals surface area contributed by atoms with Crippen LogP contribution in [0, 0.1) is 5.82 Å². The summed E-state index contributed by atoms with van der Waals surface area (Å²) < 4.78 is 13.6. The maximum Gasteiger partial charge on any atom is 0.225 e. The van der Waals surface area contributed by atoms with Crippen molar-refractivity contribution in [2.24, 2.45) is 0 Å². The Bertz CT molecular complexity index is 484. The zero-order valence-electron chi connectivity index (χ0n) is 9.27. The van der Waals surface area contributed by atoms with Crippen molar-refractivity contribution >= 4 is 21.9 Å². The summed E-state index contributed by atoms with van der Waals surface area (Å²) in [4.78, 5) is 10.3. The summed E-state index contributed by atoms with van der Waals surface area (Å²) in [6, 6.07) is 6.41. The lowest BCUT2D eigenvalue weighted by molar-refractivity contribution is 0.627. The van der Waals surface area contributed by atoms with Gasteiger partial charge in [0.2, 0.25) is 5.95 Å². The molecule has 2 aromatic rings. The highest BCUT2D eigenvalue weighted by Crippen LogP contribution is 2.12. The fraction of sp³-hybridized carbons (Fsp3) is 0.167. The summed E-state index contributed by atoms with van der Waals surface area (Å²) in [6.07, 6.45) is 3.40. The molecule has 0 fully saturated rings. The van der Waals surface area contributed by atoms with Gasteiger partial charge in [-0.3, -0.25) is 0 Å². The van der Waals surface area contributed by atoms with Gasteiger partial charge in [-0.1, -0.05) is 12.1 Å². The molecule has 88 valence electrons. The minimum absolute atomic E-state index is 0.226. The number of anilines is 1. The van der Waals surface area contributed by atoms with Gasteiger partial charge in [0.25, 0.3) is 0 Å². The molecule has 3 nitrogen and oxygen atoms in total. The van der Waals surface area contributed by atoms with E-state index in [2.05, 4.69) is 25.9 Å². The van der Waals surface area contributed by atoms with Crippen LogP contribution in [0.2, 0.25) is 0 Å². The zero-order chi connectivity index (χ0) is 12.3. The molecule has 0 radical (unpaired) electrons. The number of nitrogens with zero attached hydrogens (tertiary/aromatic N) is 3. The Morgan fingerprint density at radius 3 is 2.35 bits per heavy atom. The van der Waals surface area contributed by atoms with Crippen molar-refractivity contribution in [2.45, 2.75) is 6.54 Å². The van der Waals surface area contributed by atoms with E-state index >= 15 is 0 Å². The lowest BCUT2D eigenvalue weighted by Crippen LogP contribution is -2.18. The molecule has 0 aliphatic heterocycles. The van der Waals surface area contributed by atoms with Gasteiger partial charge in [-0.25, -0.2) is 14.4 Å². The van der Waals surface area contributed by atoms with Crippen LogP contribution in [0.15, 0.2) is 41.1 Å². The topological polar surface area (TPSA) is 29.0 Å². The van der Waals surface area contributed by atoms with Crippen molar-refractivity contribution in [1.82, 2.24) is 9.97 Å². The Balaban J connectivity index is 2.08. The Morgan fingerprint density at radius 2 is 1.76 bits per heavy atom. The Kier molecular flexibility index (Phi) is 3.68. The third kappa shape index (κ3) is 3.23. The van der Waals surface area contributed by atoms with Crippen molar-refractivity contribution in [1.29, 1.82) is 0 Å². The predicted octanol–water partition coefficient (Wildman–Crippen LogP) is 3.01. The van der Waals surface area contributed by atoms with Gasteiger partial charge in [-0.2, -0.15) is 0 Å². The molecule has 17 heavy (non-hydrogen) atoms. The van der Waals surface area contributed by atoms with E-state index in [1.165, 1.54) is 12.1 Å². The van der Waals surface area contributed by atoms with E-state index in [9.17, 15) is 4.39 Å². The van der Waals surface area contributed by atoms with Crippen molar-refractivity contribution in [3.8, 4) is 0 Å².